The minimum Gasteiger partial charge on any atom is -0.383 e. The molecule has 1 heterocycles. The summed E-state index contributed by atoms with van der Waals surface area (Å²) < 4.78 is 12.9. The number of nitrogens with two attached hydrogens (primary N) is 1. The van der Waals surface area contributed by atoms with E-state index in [4.69, 9.17) is 15.3 Å². The van der Waals surface area contributed by atoms with Crippen molar-refractivity contribution in [3.05, 3.63) is 16.4 Å². The standard InChI is InChI=1S/C9H17BrN4O2/c1-15-4-3-14-9(7(10)5-12-14)8(13-11)6-16-2/h5,8,13H,3-4,6,11H2,1-2H3. The fourth-order valence-electron chi connectivity index (χ4n) is 1.45. The molecule has 1 aromatic heterocycles. The molecule has 1 atom stereocenters. The van der Waals surface area contributed by atoms with Gasteiger partial charge in [0, 0.05) is 14.2 Å². The van der Waals surface area contributed by atoms with Crippen LogP contribution in [-0.2, 0) is 16.0 Å². The second-order valence-electron chi connectivity index (χ2n) is 3.27. The van der Waals surface area contributed by atoms with Crippen LogP contribution >= 0.6 is 15.9 Å². The Labute approximate surface area is 103 Å². The number of aromatic nitrogens is 2. The summed E-state index contributed by atoms with van der Waals surface area (Å²) in [6.07, 6.45) is 1.74. The molecule has 0 spiro atoms. The number of hydrogen-bond acceptors (Lipinski definition) is 5. The van der Waals surface area contributed by atoms with E-state index < -0.39 is 0 Å². The number of hydrogen-bond donors (Lipinski definition) is 2. The minimum atomic E-state index is -0.0984. The lowest BCUT2D eigenvalue weighted by molar-refractivity contribution is 0.157. The van der Waals surface area contributed by atoms with Crippen LogP contribution in [0.4, 0.5) is 0 Å². The zero-order chi connectivity index (χ0) is 12.0. The smallest absolute Gasteiger partial charge is 0.0873 e. The summed E-state index contributed by atoms with van der Waals surface area (Å²) in [5.41, 5.74) is 3.67. The van der Waals surface area contributed by atoms with Gasteiger partial charge >= 0.3 is 0 Å². The van der Waals surface area contributed by atoms with Crippen molar-refractivity contribution in [1.29, 1.82) is 0 Å². The number of hydrazine groups is 1. The molecule has 3 N–H and O–H groups in total. The van der Waals surface area contributed by atoms with Gasteiger partial charge in [0.05, 0.1) is 42.2 Å². The molecule has 0 radical (unpaired) electrons. The number of nitrogens with zero attached hydrogens (tertiary/aromatic N) is 2. The number of rotatable bonds is 7. The van der Waals surface area contributed by atoms with Crippen LogP contribution in [0.3, 0.4) is 0 Å². The molecule has 16 heavy (non-hydrogen) atoms. The molecular formula is C9H17BrN4O2. The molecule has 0 aromatic carbocycles. The lowest BCUT2D eigenvalue weighted by Crippen LogP contribution is -2.33. The monoisotopic (exact) mass is 292 g/mol. The van der Waals surface area contributed by atoms with Crippen molar-refractivity contribution in [2.75, 3.05) is 27.4 Å². The highest BCUT2D eigenvalue weighted by Gasteiger charge is 2.18. The van der Waals surface area contributed by atoms with Gasteiger partial charge in [-0.05, 0) is 15.9 Å². The first-order chi connectivity index (χ1) is 7.74. The second kappa shape index (κ2) is 6.97. The van der Waals surface area contributed by atoms with Gasteiger partial charge in [0.15, 0.2) is 0 Å². The van der Waals surface area contributed by atoms with E-state index in [0.29, 0.717) is 19.8 Å². The van der Waals surface area contributed by atoms with Gasteiger partial charge in [-0.3, -0.25) is 10.5 Å². The van der Waals surface area contributed by atoms with Gasteiger partial charge in [-0.1, -0.05) is 0 Å². The average Bonchev–Trinajstić information content (AvgIpc) is 2.65. The third-order valence-corrected chi connectivity index (χ3v) is 2.82. The molecule has 0 saturated heterocycles. The molecule has 0 bridgehead atoms. The van der Waals surface area contributed by atoms with Crippen LogP contribution in [0, 0.1) is 0 Å². The van der Waals surface area contributed by atoms with Crippen molar-refractivity contribution in [2.45, 2.75) is 12.6 Å². The van der Waals surface area contributed by atoms with Crippen molar-refractivity contribution in [1.82, 2.24) is 15.2 Å². The lowest BCUT2D eigenvalue weighted by atomic mass is 10.2. The Hall–Kier alpha value is -0.470. The van der Waals surface area contributed by atoms with Crippen molar-refractivity contribution < 1.29 is 9.47 Å². The van der Waals surface area contributed by atoms with Crippen LogP contribution < -0.4 is 11.3 Å². The van der Waals surface area contributed by atoms with E-state index in [2.05, 4.69) is 26.5 Å². The summed E-state index contributed by atoms with van der Waals surface area (Å²) in [7, 11) is 3.29. The largest absolute Gasteiger partial charge is 0.383 e. The number of ether oxygens (including phenoxy) is 2. The van der Waals surface area contributed by atoms with Gasteiger partial charge in [0.1, 0.15) is 0 Å². The molecule has 1 unspecified atom stereocenters. The Morgan fingerprint density at radius 1 is 1.56 bits per heavy atom. The number of halogens is 1. The quantitative estimate of drug-likeness (QED) is 0.564. The van der Waals surface area contributed by atoms with E-state index in [9.17, 15) is 0 Å². The Bertz CT molecular complexity index is 318. The summed E-state index contributed by atoms with van der Waals surface area (Å²) in [5.74, 6) is 5.49. The fourth-order valence-corrected chi connectivity index (χ4v) is 2.02. The average molecular weight is 293 g/mol. The molecule has 1 aromatic rings. The molecule has 0 aliphatic rings. The number of nitrogens with one attached hydrogen (secondary N) is 1. The number of methoxy groups -OCH3 is 2. The first kappa shape index (κ1) is 13.6. The van der Waals surface area contributed by atoms with E-state index in [1.165, 1.54) is 0 Å². The van der Waals surface area contributed by atoms with E-state index in [1.54, 1.807) is 20.4 Å². The third-order valence-electron chi connectivity index (χ3n) is 2.21. The van der Waals surface area contributed by atoms with Crippen molar-refractivity contribution in [3.8, 4) is 0 Å². The van der Waals surface area contributed by atoms with Crippen LogP contribution in [0.15, 0.2) is 10.7 Å². The first-order valence-electron chi connectivity index (χ1n) is 4.89. The van der Waals surface area contributed by atoms with E-state index >= 15 is 0 Å². The van der Waals surface area contributed by atoms with Crippen LogP contribution in [0.1, 0.15) is 11.7 Å². The zero-order valence-corrected chi connectivity index (χ0v) is 11.0. The van der Waals surface area contributed by atoms with Gasteiger partial charge in [-0.15, -0.1) is 0 Å². The third kappa shape index (κ3) is 3.26. The molecule has 92 valence electrons. The second-order valence-corrected chi connectivity index (χ2v) is 4.12. The molecule has 7 heteroatoms. The maximum atomic E-state index is 5.49. The first-order valence-corrected chi connectivity index (χ1v) is 5.69. The van der Waals surface area contributed by atoms with Gasteiger partial charge in [-0.25, -0.2) is 5.43 Å². The van der Waals surface area contributed by atoms with Crippen molar-refractivity contribution in [2.24, 2.45) is 5.84 Å². The highest BCUT2D eigenvalue weighted by molar-refractivity contribution is 9.10. The zero-order valence-electron chi connectivity index (χ0n) is 9.44. The summed E-state index contributed by atoms with van der Waals surface area (Å²) in [6, 6.07) is -0.0984. The van der Waals surface area contributed by atoms with Gasteiger partial charge < -0.3 is 9.47 Å². The predicted molar refractivity (Wildman–Crippen MR) is 63.7 cm³/mol. The maximum absolute atomic E-state index is 5.49. The summed E-state index contributed by atoms with van der Waals surface area (Å²) in [4.78, 5) is 0. The van der Waals surface area contributed by atoms with Crippen molar-refractivity contribution in [3.63, 3.8) is 0 Å². The Kier molecular flexibility index (Phi) is 5.93. The topological polar surface area (TPSA) is 74.3 Å². The lowest BCUT2D eigenvalue weighted by Gasteiger charge is -2.17. The fraction of sp³-hybridized carbons (Fsp3) is 0.667. The molecule has 0 saturated carbocycles. The molecule has 0 fully saturated rings. The molecule has 6 nitrogen and oxygen atoms in total. The van der Waals surface area contributed by atoms with Crippen molar-refractivity contribution >= 4 is 15.9 Å². The molecule has 0 aliphatic heterocycles. The normalized spacial score (nSPS) is 13.0. The Morgan fingerprint density at radius 2 is 2.31 bits per heavy atom. The SMILES string of the molecule is COCCn1ncc(Br)c1C(COC)NN. The summed E-state index contributed by atoms with van der Waals surface area (Å²) >= 11 is 3.45. The maximum Gasteiger partial charge on any atom is 0.0873 e. The van der Waals surface area contributed by atoms with E-state index in [0.717, 1.165) is 10.2 Å². The van der Waals surface area contributed by atoms with Gasteiger partial charge in [-0.2, -0.15) is 5.10 Å². The predicted octanol–water partition coefficient (Wildman–Crippen LogP) is 0.443. The highest BCUT2D eigenvalue weighted by atomic mass is 79.9. The molecular weight excluding hydrogens is 276 g/mol. The van der Waals surface area contributed by atoms with Gasteiger partial charge in [0.25, 0.3) is 0 Å². The van der Waals surface area contributed by atoms with Gasteiger partial charge in [0.2, 0.25) is 0 Å². The Morgan fingerprint density at radius 3 is 2.88 bits per heavy atom. The molecule has 0 amide bonds. The van der Waals surface area contributed by atoms with E-state index in [1.807, 2.05) is 4.68 Å². The molecule has 1 rings (SSSR count). The Balaban J connectivity index is 2.85. The molecule has 0 aliphatic carbocycles. The summed E-state index contributed by atoms with van der Waals surface area (Å²) in [6.45, 7) is 1.76. The minimum absolute atomic E-state index is 0.0984. The van der Waals surface area contributed by atoms with E-state index in [-0.39, 0.29) is 6.04 Å². The van der Waals surface area contributed by atoms with Crippen LogP contribution in [0.5, 0.6) is 0 Å². The van der Waals surface area contributed by atoms with Crippen LogP contribution in [-0.4, -0.2) is 37.2 Å². The van der Waals surface area contributed by atoms with Crippen LogP contribution in [0.2, 0.25) is 0 Å². The highest BCUT2D eigenvalue weighted by Crippen LogP contribution is 2.23. The van der Waals surface area contributed by atoms with Crippen LogP contribution in [0.25, 0.3) is 0 Å². The summed E-state index contributed by atoms with van der Waals surface area (Å²) in [5, 5.41) is 4.24.